The van der Waals surface area contributed by atoms with Crippen LogP contribution < -0.4 is 0 Å². The average molecular weight is 332 g/mol. The molecule has 1 aliphatic rings. The largest absolute Gasteiger partial charge is 0.468 e. The number of benzene rings is 1. The van der Waals surface area contributed by atoms with Crippen molar-refractivity contribution in [3.63, 3.8) is 0 Å². The number of aliphatic hydroxyl groups excluding tert-OH is 1. The fraction of sp³-hybridized carbons (Fsp3) is 0.462. The Morgan fingerprint density at radius 3 is 3.00 bits per heavy atom. The third kappa shape index (κ3) is 3.32. The lowest BCUT2D eigenvalue weighted by molar-refractivity contribution is -0.146. The molecule has 2 atom stereocenters. The molecule has 1 aromatic rings. The minimum absolute atomic E-state index is 0.318. The maximum Gasteiger partial charge on any atom is 0.323 e. The number of β-amino-alcohol motifs (C(OH)–C–C–N with tert-alkyl or cyclic N) is 1. The number of likely N-dealkylation sites (tertiary alicyclic amines) is 1. The molecule has 0 aliphatic carbocycles. The SMILES string of the molecule is COC(=O)[C@@H]1C[C@@H](O)CN1Cc1ccc(F)cc1Br. The fourth-order valence-corrected chi connectivity index (χ4v) is 2.78. The van der Waals surface area contributed by atoms with Gasteiger partial charge < -0.3 is 9.84 Å². The van der Waals surface area contributed by atoms with Crippen molar-refractivity contribution in [3.8, 4) is 0 Å². The molecule has 0 aromatic heterocycles. The molecule has 1 saturated heterocycles. The van der Waals surface area contributed by atoms with E-state index >= 15 is 0 Å². The number of carbonyl (C=O) groups excluding carboxylic acids is 1. The molecule has 6 heteroatoms. The zero-order chi connectivity index (χ0) is 14.0. The maximum absolute atomic E-state index is 13.0. The van der Waals surface area contributed by atoms with Crippen molar-refractivity contribution in [2.45, 2.75) is 25.1 Å². The quantitative estimate of drug-likeness (QED) is 0.856. The predicted octanol–water partition coefficient (Wildman–Crippen LogP) is 1.70. The second kappa shape index (κ2) is 5.98. The molecule has 2 rings (SSSR count). The summed E-state index contributed by atoms with van der Waals surface area (Å²) in [6.07, 6.45) is -0.172. The Morgan fingerprint density at radius 1 is 1.63 bits per heavy atom. The van der Waals surface area contributed by atoms with Crippen LogP contribution in [0, 0.1) is 5.82 Å². The summed E-state index contributed by atoms with van der Waals surface area (Å²) in [6, 6.07) is 3.98. The number of esters is 1. The molecule has 0 radical (unpaired) electrons. The molecule has 0 amide bonds. The molecule has 1 aromatic carbocycles. The Labute approximate surface area is 119 Å². The predicted molar refractivity (Wildman–Crippen MR) is 70.9 cm³/mol. The summed E-state index contributed by atoms with van der Waals surface area (Å²) in [5.41, 5.74) is 0.865. The summed E-state index contributed by atoms with van der Waals surface area (Å²) in [5.74, 6) is -0.670. The van der Waals surface area contributed by atoms with Gasteiger partial charge in [-0.25, -0.2) is 4.39 Å². The smallest absolute Gasteiger partial charge is 0.323 e. The lowest BCUT2D eigenvalue weighted by atomic mass is 10.1. The van der Waals surface area contributed by atoms with Crippen LogP contribution in [0.4, 0.5) is 4.39 Å². The van der Waals surface area contributed by atoms with Gasteiger partial charge in [-0.3, -0.25) is 9.69 Å². The molecule has 0 bridgehead atoms. The molecule has 0 saturated carbocycles. The molecule has 104 valence electrons. The van der Waals surface area contributed by atoms with Gasteiger partial charge in [0.15, 0.2) is 0 Å². The molecule has 1 N–H and O–H groups in total. The van der Waals surface area contributed by atoms with E-state index in [1.807, 2.05) is 4.90 Å². The van der Waals surface area contributed by atoms with Gasteiger partial charge in [0.1, 0.15) is 11.9 Å². The van der Waals surface area contributed by atoms with Crippen LogP contribution in [0.25, 0.3) is 0 Å². The van der Waals surface area contributed by atoms with Crippen molar-refractivity contribution in [2.75, 3.05) is 13.7 Å². The molecule has 0 spiro atoms. The summed E-state index contributed by atoms with van der Waals surface area (Å²) >= 11 is 3.30. The van der Waals surface area contributed by atoms with Gasteiger partial charge in [0.25, 0.3) is 0 Å². The summed E-state index contributed by atoms with van der Waals surface area (Å²) in [4.78, 5) is 13.5. The molecule has 19 heavy (non-hydrogen) atoms. The van der Waals surface area contributed by atoms with Crippen LogP contribution >= 0.6 is 15.9 Å². The normalized spacial score (nSPS) is 23.6. The maximum atomic E-state index is 13.0. The van der Waals surface area contributed by atoms with E-state index in [1.165, 1.54) is 19.2 Å². The minimum atomic E-state index is -0.539. The first kappa shape index (κ1) is 14.4. The third-order valence-electron chi connectivity index (χ3n) is 3.24. The van der Waals surface area contributed by atoms with E-state index in [-0.39, 0.29) is 11.8 Å². The number of halogens is 2. The van der Waals surface area contributed by atoms with Gasteiger partial charge in [0, 0.05) is 24.0 Å². The summed E-state index contributed by atoms with van der Waals surface area (Å²) in [5, 5.41) is 9.68. The number of rotatable bonds is 3. The van der Waals surface area contributed by atoms with Crippen LogP contribution in [0.1, 0.15) is 12.0 Å². The third-order valence-corrected chi connectivity index (χ3v) is 3.98. The van der Waals surface area contributed by atoms with E-state index < -0.39 is 12.1 Å². The van der Waals surface area contributed by atoms with Crippen LogP contribution in [0.15, 0.2) is 22.7 Å². The summed E-state index contributed by atoms with van der Waals surface area (Å²) in [7, 11) is 1.33. The Balaban J connectivity index is 2.14. The van der Waals surface area contributed by atoms with Crippen LogP contribution in [-0.2, 0) is 16.1 Å². The highest BCUT2D eigenvalue weighted by Crippen LogP contribution is 2.25. The molecule has 1 fully saturated rings. The van der Waals surface area contributed by atoms with E-state index in [1.54, 1.807) is 6.07 Å². The van der Waals surface area contributed by atoms with Crippen molar-refractivity contribution < 1.29 is 19.0 Å². The molecular weight excluding hydrogens is 317 g/mol. The number of hydrogen-bond acceptors (Lipinski definition) is 4. The Hall–Kier alpha value is -0.980. The Bertz CT molecular complexity index is 483. The van der Waals surface area contributed by atoms with Gasteiger partial charge in [-0.15, -0.1) is 0 Å². The lowest BCUT2D eigenvalue weighted by Gasteiger charge is -2.22. The molecule has 0 unspecified atom stereocenters. The van der Waals surface area contributed by atoms with E-state index in [0.29, 0.717) is 24.0 Å². The van der Waals surface area contributed by atoms with E-state index in [0.717, 1.165) is 5.56 Å². The molecule has 1 heterocycles. The van der Waals surface area contributed by atoms with Crippen molar-refractivity contribution in [3.05, 3.63) is 34.1 Å². The zero-order valence-corrected chi connectivity index (χ0v) is 12.1. The topological polar surface area (TPSA) is 49.8 Å². The minimum Gasteiger partial charge on any atom is -0.468 e. The number of aliphatic hydroxyl groups is 1. The van der Waals surface area contributed by atoms with Crippen LogP contribution in [0.3, 0.4) is 0 Å². The Kier molecular flexibility index (Phi) is 4.54. The van der Waals surface area contributed by atoms with Crippen molar-refractivity contribution in [2.24, 2.45) is 0 Å². The highest BCUT2D eigenvalue weighted by atomic mass is 79.9. The number of hydrogen-bond donors (Lipinski definition) is 1. The van der Waals surface area contributed by atoms with Crippen molar-refractivity contribution >= 4 is 21.9 Å². The number of carbonyl (C=O) groups is 1. The molecule has 4 nitrogen and oxygen atoms in total. The van der Waals surface area contributed by atoms with Gasteiger partial charge in [-0.1, -0.05) is 22.0 Å². The molecule has 1 aliphatic heterocycles. The number of nitrogens with zero attached hydrogens (tertiary/aromatic N) is 1. The van der Waals surface area contributed by atoms with Crippen LogP contribution in [-0.4, -0.2) is 41.8 Å². The fourth-order valence-electron chi connectivity index (χ4n) is 2.30. The van der Waals surface area contributed by atoms with Gasteiger partial charge >= 0.3 is 5.97 Å². The van der Waals surface area contributed by atoms with E-state index in [9.17, 15) is 14.3 Å². The first-order valence-electron chi connectivity index (χ1n) is 5.95. The highest BCUT2D eigenvalue weighted by Gasteiger charge is 2.36. The summed E-state index contributed by atoms with van der Waals surface area (Å²) in [6.45, 7) is 0.862. The monoisotopic (exact) mass is 331 g/mol. The average Bonchev–Trinajstić information content (AvgIpc) is 2.73. The first-order valence-corrected chi connectivity index (χ1v) is 6.74. The number of methoxy groups -OCH3 is 1. The summed E-state index contributed by atoms with van der Waals surface area (Å²) < 4.78 is 18.4. The first-order chi connectivity index (χ1) is 9.01. The van der Waals surface area contributed by atoms with Crippen LogP contribution in [0.2, 0.25) is 0 Å². The van der Waals surface area contributed by atoms with Gasteiger partial charge in [0.05, 0.1) is 13.2 Å². The Morgan fingerprint density at radius 2 is 2.37 bits per heavy atom. The standard InChI is InChI=1S/C13H15BrFNO3/c1-19-13(18)12-5-10(17)7-16(12)6-8-2-3-9(15)4-11(8)14/h2-4,10,12,17H,5-7H2,1H3/t10-,12+/m1/s1. The van der Waals surface area contributed by atoms with Crippen molar-refractivity contribution in [1.82, 2.24) is 4.90 Å². The van der Waals surface area contributed by atoms with Crippen LogP contribution in [0.5, 0.6) is 0 Å². The second-order valence-corrected chi connectivity index (χ2v) is 5.45. The lowest BCUT2D eigenvalue weighted by Crippen LogP contribution is -2.36. The van der Waals surface area contributed by atoms with Gasteiger partial charge in [-0.05, 0) is 17.7 Å². The molecular formula is C13H15BrFNO3. The van der Waals surface area contributed by atoms with E-state index in [4.69, 9.17) is 4.74 Å². The zero-order valence-electron chi connectivity index (χ0n) is 10.5. The van der Waals surface area contributed by atoms with E-state index in [2.05, 4.69) is 15.9 Å². The van der Waals surface area contributed by atoms with Gasteiger partial charge in [0.2, 0.25) is 0 Å². The second-order valence-electron chi connectivity index (χ2n) is 4.59. The number of ether oxygens (including phenoxy) is 1. The van der Waals surface area contributed by atoms with Gasteiger partial charge in [-0.2, -0.15) is 0 Å². The highest BCUT2D eigenvalue weighted by molar-refractivity contribution is 9.10. The van der Waals surface area contributed by atoms with Crippen molar-refractivity contribution in [1.29, 1.82) is 0 Å².